The average molecular weight is 370 g/mol. The van der Waals surface area contributed by atoms with Crippen LogP contribution in [-0.2, 0) is 11.4 Å². The van der Waals surface area contributed by atoms with Crippen LogP contribution in [0.15, 0.2) is 24.3 Å². The van der Waals surface area contributed by atoms with E-state index in [0.717, 1.165) is 21.5 Å². The SMILES string of the molecule is CONC(=O)c1cc2c(C)nn(Cc3ccc(Cl)cc3Cl)c2s1. The molecule has 1 amide bonds. The normalized spacial score (nSPS) is 11.1. The summed E-state index contributed by atoms with van der Waals surface area (Å²) in [5, 5.41) is 6.66. The Kier molecular flexibility index (Phi) is 4.59. The molecular weight excluding hydrogens is 357 g/mol. The minimum absolute atomic E-state index is 0.274. The quantitative estimate of drug-likeness (QED) is 0.705. The molecule has 0 spiro atoms. The van der Waals surface area contributed by atoms with Crippen LogP contribution >= 0.6 is 34.5 Å². The van der Waals surface area contributed by atoms with Crippen LogP contribution in [0, 0.1) is 6.92 Å². The van der Waals surface area contributed by atoms with Crippen LogP contribution in [0.2, 0.25) is 10.0 Å². The number of hydrogen-bond acceptors (Lipinski definition) is 4. The molecule has 0 aliphatic rings. The number of halogens is 2. The predicted octanol–water partition coefficient (Wildman–Crippen LogP) is 4.05. The highest BCUT2D eigenvalue weighted by atomic mass is 35.5. The summed E-state index contributed by atoms with van der Waals surface area (Å²) < 4.78 is 1.84. The molecule has 0 aliphatic carbocycles. The van der Waals surface area contributed by atoms with Crippen molar-refractivity contribution in [3.63, 3.8) is 0 Å². The van der Waals surface area contributed by atoms with Crippen molar-refractivity contribution in [2.45, 2.75) is 13.5 Å². The van der Waals surface area contributed by atoms with Gasteiger partial charge in [-0.1, -0.05) is 29.3 Å². The molecule has 2 aromatic heterocycles. The second-order valence-electron chi connectivity index (χ2n) is 4.94. The number of thiophene rings is 1. The highest BCUT2D eigenvalue weighted by Gasteiger charge is 2.17. The Labute approximate surface area is 146 Å². The van der Waals surface area contributed by atoms with Gasteiger partial charge >= 0.3 is 0 Å². The van der Waals surface area contributed by atoms with Gasteiger partial charge in [0.1, 0.15) is 4.83 Å². The van der Waals surface area contributed by atoms with E-state index in [9.17, 15) is 4.79 Å². The second-order valence-corrected chi connectivity index (χ2v) is 6.82. The monoisotopic (exact) mass is 369 g/mol. The molecule has 5 nitrogen and oxygen atoms in total. The molecule has 3 aromatic rings. The molecule has 1 aromatic carbocycles. The molecule has 2 heterocycles. The number of hydroxylamine groups is 1. The third kappa shape index (κ3) is 3.21. The third-order valence-electron chi connectivity index (χ3n) is 3.36. The smallest absolute Gasteiger partial charge is 0.277 e. The zero-order valence-corrected chi connectivity index (χ0v) is 14.7. The minimum Gasteiger partial charge on any atom is -0.277 e. The van der Waals surface area contributed by atoms with Gasteiger partial charge in [-0.05, 0) is 30.7 Å². The molecule has 0 radical (unpaired) electrons. The van der Waals surface area contributed by atoms with Crippen molar-refractivity contribution in [1.82, 2.24) is 15.3 Å². The van der Waals surface area contributed by atoms with Gasteiger partial charge in [-0.3, -0.25) is 14.3 Å². The summed E-state index contributed by atoms with van der Waals surface area (Å²) in [7, 11) is 1.40. The second kappa shape index (κ2) is 6.49. The van der Waals surface area contributed by atoms with Gasteiger partial charge in [-0.25, -0.2) is 5.48 Å². The summed E-state index contributed by atoms with van der Waals surface area (Å²) in [6, 6.07) is 7.19. The van der Waals surface area contributed by atoms with Gasteiger partial charge in [0.2, 0.25) is 0 Å². The Hall–Kier alpha value is -1.60. The lowest BCUT2D eigenvalue weighted by Crippen LogP contribution is -2.20. The van der Waals surface area contributed by atoms with E-state index >= 15 is 0 Å². The summed E-state index contributed by atoms with van der Waals surface area (Å²) in [5.74, 6) is -0.274. The van der Waals surface area contributed by atoms with Crippen molar-refractivity contribution in [1.29, 1.82) is 0 Å². The highest BCUT2D eigenvalue weighted by Crippen LogP contribution is 2.30. The molecule has 0 unspecified atom stereocenters. The number of rotatable bonds is 4. The van der Waals surface area contributed by atoms with E-state index in [4.69, 9.17) is 23.2 Å². The maximum atomic E-state index is 11.9. The van der Waals surface area contributed by atoms with E-state index in [1.807, 2.05) is 23.7 Å². The number of carbonyl (C=O) groups excluding carboxylic acids is 1. The first kappa shape index (κ1) is 16.3. The summed E-state index contributed by atoms with van der Waals surface area (Å²) in [4.78, 5) is 18.0. The summed E-state index contributed by atoms with van der Waals surface area (Å²) in [5.41, 5.74) is 4.10. The molecule has 3 rings (SSSR count). The van der Waals surface area contributed by atoms with E-state index in [2.05, 4.69) is 15.4 Å². The van der Waals surface area contributed by atoms with Crippen LogP contribution in [0.4, 0.5) is 0 Å². The first-order valence-corrected chi connectivity index (χ1v) is 8.31. The fraction of sp³-hybridized carbons (Fsp3) is 0.200. The van der Waals surface area contributed by atoms with Crippen molar-refractivity contribution >= 4 is 50.7 Å². The molecule has 120 valence electrons. The number of amides is 1. The van der Waals surface area contributed by atoms with Crippen molar-refractivity contribution in [2.24, 2.45) is 0 Å². The number of nitrogens with zero attached hydrogens (tertiary/aromatic N) is 2. The van der Waals surface area contributed by atoms with Crippen molar-refractivity contribution in [3.05, 3.63) is 50.4 Å². The molecule has 0 atom stereocenters. The maximum Gasteiger partial charge on any atom is 0.284 e. The molecule has 0 aliphatic heterocycles. The van der Waals surface area contributed by atoms with E-state index in [-0.39, 0.29) is 5.91 Å². The topological polar surface area (TPSA) is 56.1 Å². The largest absolute Gasteiger partial charge is 0.284 e. The van der Waals surface area contributed by atoms with Crippen molar-refractivity contribution in [2.75, 3.05) is 7.11 Å². The molecule has 1 N–H and O–H groups in total. The molecule has 23 heavy (non-hydrogen) atoms. The Bertz CT molecular complexity index is 888. The Balaban J connectivity index is 1.99. The van der Waals surface area contributed by atoms with Crippen molar-refractivity contribution < 1.29 is 9.63 Å². The number of aryl methyl sites for hydroxylation is 1. The van der Waals surface area contributed by atoms with Crippen LogP contribution < -0.4 is 5.48 Å². The molecule has 0 fully saturated rings. The predicted molar refractivity (Wildman–Crippen MR) is 92.4 cm³/mol. The first-order valence-electron chi connectivity index (χ1n) is 6.74. The van der Waals surface area contributed by atoms with Gasteiger partial charge in [0.15, 0.2) is 0 Å². The van der Waals surface area contributed by atoms with Crippen molar-refractivity contribution in [3.8, 4) is 0 Å². The van der Waals surface area contributed by atoms with E-state index in [1.165, 1.54) is 18.4 Å². The van der Waals surface area contributed by atoms with Crippen LogP contribution in [0.3, 0.4) is 0 Å². The van der Waals surface area contributed by atoms with Gasteiger partial charge in [0.05, 0.1) is 24.2 Å². The summed E-state index contributed by atoms with van der Waals surface area (Å²) in [6.07, 6.45) is 0. The zero-order valence-electron chi connectivity index (χ0n) is 12.4. The fourth-order valence-corrected chi connectivity index (χ4v) is 3.80. The molecule has 0 bridgehead atoms. The summed E-state index contributed by atoms with van der Waals surface area (Å²) >= 11 is 13.5. The summed E-state index contributed by atoms with van der Waals surface area (Å²) in [6.45, 7) is 2.42. The fourth-order valence-electron chi connectivity index (χ4n) is 2.29. The highest BCUT2D eigenvalue weighted by molar-refractivity contribution is 7.20. The lowest BCUT2D eigenvalue weighted by Gasteiger charge is -2.05. The molecule has 0 saturated carbocycles. The lowest BCUT2D eigenvalue weighted by molar-refractivity contribution is 0.0542. The zero-order chi connectivity index (χ0) is 16.6. The number of benzene rings is 1. The van der Waals surface area contributed by atoms with Gasteiger partial charge in [-0.15, -0.1) is 11.3 Å². The lowest BCUT2D eigenvalue weighted by atomic mass is 10.2. The van der Waals surface area contributed by atoms with Gasteiger partial charge in [0.25, 0.3) is 5.91 Å². The standard InChI is InChI=1S/C15H13Cl2N3O2S/c1-8-11-6-13(14(21)19-22-2)23-15(11)20(18-8)7-9-3-4-10(16)5-12(9)17/h3-6H,7H2,1-2H3,(H,19,21). The van der Waals surface area contributed by atoms with Crippen LogP contribution in [0.1, 0.15) is 20.9 Å². The van der Waals surface area contributed by atoms with Crippen LogP contribution in [-0.4, -0.2) is 22.8 Å². The maximum absolute atomic E-state index is 11.9. The first-order chi connectivity index (χ1) is 11.0. The molecular formula is C15H13Cl2N3O2S. The third-order valence-corrected chi connectivity index (χ3v) is 5.10. The average Bonchev–Trinajstić information content (AvgIpc) is 3.04. The van der Waals surface area contributed by atoms with Gasteiger partial charge in [-0.2, -0.15) is 5.10 Å². The van der Waals surface area contributed by atoms with Crippen LogP contribution in [0.25, 0.3) is 10.2 Å². The molecule has 0 saturated heterocycles. The Morgan fingerprint density at radius 2 is 2.17 bits per heavy atom. The van der Waals surface area contributed by atoms with Crippen LogP contribution in [0.5, 0.6) is 0 Å². The van der Waals surface area contributed by atoms with Gasteiger partial charge in [0, 0.05) is 15.4 Å². The number of aromatic nitrogens is 2. The van der Waals surface area contributed by atoms with E-state index < -0.39 is 0 Å². The minimum atomic E-state index is -0.274. The van der Waals surface area contributed by atoms with E-state index in [0.29, 0.717) is 21.5 Å². The molecule has 8 heteroatoms. The van der Waals surface area contributed by atoms with Gasteiger partial charge < -0.3 is 0 Å². The number of hydrogen-bond donors (Lipinski definition) is 1. The Morgan fingerprint density at radius 3 is 2.87 bits per heavy atom. The number of nitrogens with one attached hydrogen (secondary N) is 1. The van der Waals surface area contributed by atoms with E-state index in [1.54, 1.807) is 12.1 Å². The number of fused-ring (bicyclic) bond motifs is 1. The number of carbonyl (C=O) groups is 1. The Morgan fingerprint density at radius 1 is 1.39 bits per heavy atom.